The molecule has 0 aliphatic heterocycles. The van der Waals surface area contributed by atoms with Crippen LogP contribution in [-0.2, 0) is 9.84 Å². The van der Waals surface area contributed by atoms with E-state index in [9.17, 15) is 8.42 Å². The minimum Gasteiger partial charge on any atom is -0.305 e. The lowest BCUT2D eigenvalue weighted by molar-refractivity contribution is 0.602. The molecule has 102 valence electrons. The molecular weight excluding hydrogens is 260 g/mol. The quantitative estimate of drug-likeness (QED) is 0.867. The molecule has 1 saturated carbocycles. The number of nitrogens with zero attached hydrogens (tertiary/aromatic N) is 2. The Hall–Kier alpha value is -1.36. The summed E-state index contributed by atoms with van der Waals surface area (Å²) in [7, 11) is -3.25. The first-order chi connectivity index (χ1) is 8.86. The van der Waals surface area contributed by atoms with Crippen molar-refractivity contribution in [1.29, 1.82) is 0 Å². The van der Waals surface area contributed by atoms with Crippen molar-refractivity contribution in [2.24, 2.45) is 0 Å². The number of rotatable bonds is 3. The highest BCUT2D eigenvalue weighted by Crippen LogP contribution is 2.41. The summed E-state index contributed by atoms with van der Waals surface area (Å²) in [5.41, 5.74) is 2.59. The molecule has 1 fully saturated rings. The normalized spacial score (nSPS) is 16.4. The number of fused-ring (bicyclic) bond motifs is 1. The zero-order chi connectivity index (χ0) is 13.8. The van der Waals surface area contributed by atoms with E-state index < -0.39 is 9.84 Å². The highest BCUT2D eigenvalue weighted by molar-refractivity contribution is 7.91. The summed E-state index contributed by atoms with van der Waals surface area (Å²) >= 11 is 0. The Balaban J connectivity index is 2.30. The first kappa shape index (κ1) is 12.7. The number of aromatic nitrogens is 2. The van der Waals surface area contributed by atoms with Gasteiger partial charge in [0.2, 0.25) is 0 Å². The van der Waals surface area contributed by atoms with E-state index in [1.807, 2.05) is 16.8 Å². The molecule has 0 unspecified atom stereocenters. The molecular formula is C14H18N2O2S. The van der Waals surface area contributed by atoms with Crippen LogP contribution in [0.1, 0.15) is 49.8 Å². The summed E-state index contributed by atoms with van der Waals surface area (Å²) in [5, 5.41) is 0. The monoisotopic (exact) mass is 278 g/mol. The molecule has 19 heavy (non-hydrogen) atoms. The Morgan fingerprint density at radius 1 is 1.32 bits per heavy atom. The number of sulfone groups is 1. The van der Waals surface area contributed by atoms with Crippen LogP contribution < -0.4 is 0 Å². The van der Waals surface area contributed by atoms with Crippen LogP contribution in [0.4, 0.5) is 0 Å². The van der Waals surface area contributed by atoms with Crippen LogP contribution in [-0.4, -0.2) is 24.1 Å². The van der Waals surface area contributed by atoms with Gasteiger partial charge in [0.05, 0.1) is 5.69 Å². The van der Waals surface area contributed by atoms with Crippen LogP contribution in [0.15, 0.2) is 23.4 Å². The molecule has 3 rings (SSSR count). The van der Waals surface area contributed by atoms with E-state index in [1.54, 1.807) is 6.07 Å². The fourth-order valence-electron chi connectivity index (χ4n) is 2.30. The Kier molecular flexibility index (Phi) is 2.71. The van der Waals surface area contributed by atoms with Crippen molar-refractivity contribution >= 4 is 15.5 Å². The molecule has 1 aliphatic rings. The first-order valence-corrected chi connectivity index (χ1v) is 8.48. The lowest BCUT2D eigenvalue weighted by Crippen LogP contribution is -2.02. The van der Waals surface area contributed by atoms with Gasteiger partial charge in [-0.25, -0.2) is 13.4 Å². The molecule has 0 radical (unpaired) electrons. The molecule has 1 aliphatic carbocycles. The van der Waals surface area contributed by atoms with E-state index in [0.717, 1.165) is 24.1 Å². The average Bonchev–Trinajstić information content (AvgIpc) is 3.05. The average molecular weight is 278 g/mol. The van der Waals surface area contributed by atoms with Crippen molar-refractivity contribution in [1.82, 2.24) is 9.38 Å². The molecule has 0 N–H and O–H groups in total. The Morgan fingerprint density at radius 2 is 2.00 bits per heavy atom. The molecule has 4 nitrogen and oxygen atoms in total. The lowest BCUT2D eigenvalue weighted by atomic mass is 10.2. The van der Waals surface area contributed by atoms with E-state index >= 15 is 0 Å². The summed E-state index contributed by atoms with van der Waals surface area (Å²) in [6.07, 6.45) is 7.53. The minimum atomic E-state index is -3.25. The maximum Gasteiger partial charge on any atom is 0.179 e. The molecule has 0 atom stereocenters. The smallest absolute Gasteiger partial charge is 0.179 e. The molecule has 0 saturated heterocycles. The molecule has 2 heterocycles. The maximum absolute atomic E-state index is 12.0. The third-order valence-corrected chi connectivity index (χ3v) is 4.70. The fraction of sp³-hybridized carbons (Fsp3) is 0.500. The highest BCUT2D eigenvalue weighted by Gasteiger charge is 2.27. The summed E-state index contributed by atoms with van der Waals surface area (Å²) in [6.45, 7) is 4.12. The van der Waals surface area contributed by atoms with Crippen LogP contribution in [0.5, 0.6) is 0 Å². The number of hydrogen-bond acceptors (Lipinski definition) is 3. The summed E-state index contributed by atoms with van der Waals surface area (Å²) < 4.78 is 25.8. The van der Waals surface area contributed by atoms with Crippen molar-refractivity contribution in [3.05, 3.63) is 29.7 Å². The molecule has 0 bridgehead atoms. The third kappa shape index (κ3) is 2.27. The largest absolute Gasteiger partial charge is 0.305 e. The van der Waals surface area contributed by atoms with E-state index in [0.29, 0.717) is 16.5 Å². The van der Waals surface area contributed by atoms with Crippen LogP contribution in [0.2, 0.25) is 0 Å². The molecule has 0 aromatic carbocycles. The van der Waals surface area contributed by atoms with Gasteiger partial charge in [0.1, 0.15) is 4.90 Å². The predicted molar refractivity (Wildman–Crippen MR) is 74.4 cm³/mol. The molecule has 2 aromatic heterocycles. The molecule has 0 spiro atoms. The van der Waals surface area contributed by atoms with Gasteiger partial charge in [-0.2, -0.15) is 0 Å². The second-order valence-electron chi connectivity index (χ2n) is 5.74. The van der Waals surface area contributed by atoms with Gasteiger partial charge in [-0.05, 0) is 36.3 Å². The summed E-state index contributed by atoms with van der Waals surface area (Å²) in [6, 6.07) is 1.80. The van der Waals surface area contributed by atoms with E-state index in [2.05, 4.69) is 18.8 Å². The summed E-state index contributed by atoms with van der Waals surface area (Å²) in [5.74, 6) is 0.812. The molecule has 0 amide bonds. The minimum absolute atomic E-state index is 0.289. The van der Waals surface area contributed by atoms with Gasteiger partial charge in [0.25, 0.3) is 0 Å². The number of imidazole rings is 1. The van der Waals surface area contributed by atoms with Gasteiger partial charge in [-0.15, -0.1) is 0 Å². The fourth-order valence-corrected chi connectivity index (χ4v) is 3.13. The topological polar surface area (TPSA) is 51.4 Å². The van der Waals surface area contributed by atoms with E-state index in [-0.39, 0.29) is 5.92 Å². The van der Waals surface area contributed by atoms with Crippen LogP contribution in [0, 0.1) is 0 Å². The van der Waals surface area contributed by atoms with Gasteiger partial charge in [0, 0.05) is 18.6 Å². The van der Waals surface area contributed by atoms with Crippen molar-refractivity contribution < 1.29 is 8.42 Å². The zero-order valence-corrected chi connectivity index (χ0v) is 12.2. The maximum atomic E-state index is 12.0. The van der Waals surface area contributed by atoms with Crippen LogP contribution in [0.25, 0.3) is 5.65 Å². The second-order valence-corrected chi connectivity index (χ2v) is 7.72. The van der Waals surface area contributed by atoms with Crippen molar-refractivity contribution in [2.45, 2.75) is 43.4 Å². The Morgan fingerprint density at radius 3 is 2.53 bits per heavy atom. The van der Waals surface area contributed by atoms with Crippen molar-refractivity contribution in [3.63, 3.8) is 0 Å². The standard InChI is InChI=1S/C14H18N2O2S/c1-9(2)12-8-16-7-11(10-4-5-10)6-13(14(16)15-12)19(3,17)18/h6-10H,4-5H2,1-3H3. The van der Waals surface area contributed by atoms with Crippen molar-refractivity contribution in [2.75, 3.05) is 6.26 Å². The number of hydrogen-bond donors (Lipinski definition) is 0. The number of pyridine rings is 1. The van der Waals surface area contributed by atoms with Gasteiger partial charge in [-0.1, -0.05) is 13.8 Å². The molecule has 2 aromatic rings. The third-order valence-electron chi connectivity index (χ3n) is 3.60. The highest BCUT2D eigenvalue weighted by atomic mass is 32.2. The van der Waals surface area contributed by atoms with Gasteiger partial charge in [-0.3, -0.25) is 0 Å². The predicted octanol–water partition coefficient (Wildman–Crippen LogP) is 2.74. The van der Waals surface area contributed by atoms with Crippen LogP contribution >= 0.6 is 0 Å². The summed E-state index contributed by atoms with van der Waals surface area (Å²) in [4.78, 5) is 4.83. The van der Waals surface area contributed by atoms with Crippen LogP contribution in [0.3, 0.4) is 0 Å². The van der Waals surface area contributed by atoms with Crippen molar-refractivity contribution in [3.8, 4) is 0 Å². The van der Waals surface area contributed by atoms with Gasteiger partial charge in [0.15, 0.2) is 15.5 Å². The van der Waals surface area contributed by atoms with E-state index in [1.165, 1.54) is 6.26 Å². The van der Waals surface area contributed by atoms with Gasteiger partial charge < -0.3 is 4.40 Å². The van der Waals surface area contributed by atoms with Gasteiger partial charge >= 0.3 is 0 Å². The Labute approximate surface area is 113 Å². The van der Waals surface area contributed by atoms with E-state index in [4.69, 9.17) is 0 Å². The second kappa shape index (κ2) is 4.07. The lowest BCUT2D eigenvalue weighted by Gasteiger charge is -2.05. The SMILES string of the molecule is CC(C)c1cn2cc(C3CC3)cc(S(C)(=O)=O)c2n1. The zero-order valence-electron chi connectivity index (χ0n) is 11.4. The first-order valence-electron chi connectivity index (χ1n) is 6.59. The Bertz CT molecular complexity index is 740. The molecule has 5 heteroatoms.